The fourth-order valence-electron chi connectivity index (χ4n) is 2.46. The van der Waals surface area contributed by atoms with Gasteiger partial charge in [0.2, 0.25) is 0 Å². The van der Waals surface area contributed by atoms with Crippen molar-refractivity contribution in [2.45, 2.75) is 13.5 Å². The Hall–Kier alpha value is -1.86. The van der Waals surface area contributed by atoms with Crippen LogP contribution in [-0.2, 0) is 11.3 Å². The Morgan fingerprint density at radius 2 is 2.14 bits per heavy atom. The van der Waals surface area contributed by atoms with Crippen LogP contribution in [0.25, 0.3) is 0 Å². The molecule has 0 atom stereocenters. The molecule has 118 valence electrons. The van der Waals surface area contributed by atoms with Crippen molar-refractivity contribution in [3.63, 3.8) is 0 Å². The van der Waals surface area contributed by atoms with E-state index >= 15 is 0 Å². The predicted octanol–water partition coefficient (Wildman–Crippen LogP) is 2.15. The molecule has 0 aliphatic carbocycles. The van der Waals surface area contributed by atoms with E-state index in [9.17, 15) is 4.79 Å². The van der Waals surface area contributed by atoms with Gasteiger partial charge in [-0.15, -0.1) is 11.3 Å². The van der Waals surface area contributed by atoms with Crippen LogP contribution in [0.2, 0.25) is 0 Å². The van der Waals surface area contributed by atoms with E-state index in [1.165, 1.54) is 0 Å². The van der Waals surface area contributed by atoms with Gasteiger partial charge >= 0.3 is 0 Å². The number of ether oxygens (including phenoxy) is 1. The van der Waals surface area contributed by atoms with Crippen LogP contribution >= 0.6 is 11.3 Å². The standard InChI is InChI=1S/C15H19N3O3S/c1-11-10-22-15(16-11)18-7-5-17(6-8-18)14(19)13-4-3-12(21-13)9-20-2/h3-4,10H,5-9H2,1-2H3. The van der Waals surface area contributed by atoms with E-state index in [0.29, 0.717) is 31.2 Å². The Morgan fingerprint density at radius 1 is 1.36 bits per heavy atom. The van der Waals surface area contributed by atoms with Crippen molar-refractivity contribution in [3.8, 4) is 0 Å². The average Bonchev–Trinajstić information content (AvgIpc) is 3.16. The normalized spacial score (nSPS) is 15.4. The van der Waals surface area contributed by atoms with Gasteiger partial charge in [-0.25, -0.2) is 4.98 Å². The summed E-state index contributed by atoms with van der Waals surface area (Å²) in [5.74, 6) is 0.991. The van der Waals surface area contributed by atoms with Gasteiger partial charge in [-0.05, 0) is 19.1 Å². The van der Waals surface area contributed by atoms with Crippen LogP contribution in [0.15, 0.2) is 21.9 Å². The minimum Gasteiger partial charge on any atom is -0.453 e. The number of amides is 1. The molecular formula is C15H19N3O3S. The number of anilines is 1. The summed E-state index contributed by atoms with van der Waals surface area (Å²) >= 11 is 1.65. The lowest BCUT2D eigenvalue weighted by Crippen LogP contribution is -2.48. The summed E-state index contributed by atoms with van der Waals surface area (Å²) in [5.41, 5.74) is 1.04. The number of hydrogen-bond acceptors (Lipinski definition) is 6. The molecule has 2 aromatic rings. The Labute approximate surface area is 133 Å². The van der Waals surface area contributed by atoms with Crippen LogP contribution in [0.3, 0.4) is 0 Å². The van der Waals surface area contributed by atoms with Gasteiger partial charge in [0.25, 0.3) is 5.91 Å². The predicted molar refractivity (Wildman–Crippen MR) is 84.4 cm³/mol. The highest BCUT2D eigenvalue weighted by atomic mass is 32.1. The molecule has 2 aromatic heterocycles. The van der Waals surface area contributed by atoms with Gasteiger partial charge in [0.15, 0.2) is 10.9 Å². The largest absolute Gasteiger partial charge is 0.453 e. The molecule has 3 heterocycles. The molecule has 1 aliphatic heterocycles. The summed E-state index contributed by atoms with van der Waals surface area (Å²) in [4.78, 5) is 21.0. The molecule has 3 rings (SSSR count). The number of thiazole rings is 1. The molecule has 0 unspecified atom stereocenters. The molecular weight excluding hydrogens is 302 g/mol. The summed E-state index contributed by atoms with van der Waals surface area (Å²) in [7, 11) is 1.60. The third-order valence-corrected chi connectivity index (χ3v) is 4.62. The lowest BCUT2D eigenvalue weighted by Gasteiger charge is -2.34. The van der Waals surface area contributed by atoms with Gasteiger partial charge in [0.1, 0.15) is 12.4 Å². The van der Waals surface area contributed by atoms with Gasteiger partial charge in [-0.2, -0.15) is 0 Å². The lowest BCUT2D eigenvalue weighted by molar-refractivity contribution is 0.0707. The Kier molecular flexibility index (Phi) is 4.44. The highest BCUT2D eigenvalue weighted by Crippen LogP contribution is 2.22. The highest BCUT2D eigenvalue weighted by Gasteiger charge is 2.25. The van der Waals surface area contributed by atoms with Crippen LogP contribution in [0, 0.1) is 6.92 Å². The van der Waals surface area contributed by atoms with Gasteiger partial charge in [-0.3, -0.25) is 4.79 Å². The maximum Gasteiger partial charge on any atom is 0.289 e. The zero-order valence-corrected chi connectivity index (χ0v) is 13.6. The minimum atomic E-state index is -0.0580. The zero-order chi connectivity index (χ0) is 15.5. The lowest BCUT2D eigenvalue weighted by atomic mass is 10.3. The SMILES string of the molecule is COCc1ccc(C(=O)N2CCN(c3nc(C)cs3)CC2)o1. The van der Waals surface area contributed by atoms with E-state index in [0.717, 1.165) is 23.9 Å². The number of carbonyl (C=O) groups excluding carboxylic acids is 1. The molecule has 1 fully saturated rings. The van der Waals surface area contributed by atoms with Crippen molar-refractivity contribution in [2.75, 3.05) is 38.2 Å². The molecule has 0 saturated carbocycles. The van der Waals surface area contributed by atoms with E-state index in [1.54, 1.807) is 30.6 Å². The van der Waals surface area contributed by atoms with E-state index in [2.05, 4.69) is 9.88 Å². The summed E-state index contributed by atoms with van der Waals surface area (Å²) < 4.78 is 10.5. The molecule has 7 heteroatoms. The average molecular weight is 321 g/mol. The molecule has 6 nitrogen and oxygen atoms in total. The molecule has 1 aliphatic rings. The zero-order valence-electron chi connectivity index (χ0n) is 12.7. The van der Waals surface area contributed by atoms with Crippen molar-refractivity contribution >= 4 is 22.4 Å². The van der Waals surface area contributed by atoms with Crippen molar-refractivity contribution < 1.29 is 13.9 Å². The van der Waals surface area contributed by atoms with Gasteiger partial charge in [0.05, 0.1) is 5.69 Å². The van der Waals surface area contributed by atoms with Crippen molar-refractivity contribution in [2.24, 2.45) is 0 Å². The first kappa shape index (κ1) is 15.1. The first-order valence-corrected chi connectivity index (χ1v) is 8.09. The number of rotatable bonds is 4. The summed E-state index contributed by atoms with van der Waals surface area (Å²) in [6.45, 7) is 5.32. The van der Waals surface area contributed by atoms with E-state index in [1.807, 2.05) is 17.2 Å². The van der Waals surface area contributed by atoms with Crippen molar-refractivity contribution in [3.05, 3.63) is 34.7 Å². The van der Waals surface area contributed by atoms with Crippen LogP contribution in [-0.4, -0.2) is 49.1 Å². The number of furan rings is 1. The second-order valence-corrected chi connectivity index (χ2v) is 6.09. The summed E-state index contributed by atoms with van der Waals surface area (Å²) in [6, 6.07) is 3.50. The van der Waals surface area contributed by atoms with E-state index < -0.39 is 0 Å². The number of piperazine rings is 1. The quantitative estimate of drug-likeness (QED) is 0.863. The topological polar surface area (TPSA) is 58.8 Å². The van der Waals surface area contributed by atoms with Crippen molar-refractivity contribution in [1.82, 2.24) is 9.88 Å². The Bertz CT molecular complexity index is 644. The molecule has 1 amide bonds. The maximum atomic E-state index is 12.4. The number of hydrogen-bond donors (Lipinski definition) is 0. The Balaban J connectivity index is 1.59. The highest BCUT2D eigenvalue weighted by molar-refractivity contribution is 7.13. The smallest absolute Gasteiger partial charge is 0.289 e. The fourth-order valence-corrected chi connectivity index (χ4v) is 3.31. The first-order valence-electron chi connectivity index (χ1n) is 7.21. The monoisotopic (exact) mass is 321 g/mol. The van der Waals surface area contributed by atoms with Gasteiger partial charge < -0.3 is 19.0 Å². The minimum absolute atomic E-state index is 0.0580. The fraction of sp³-hybridized carbons (Fsp3) is 0.467. The molecule has 0 spiro atoms. The van der Waals surface area contributed by atoms with Crippen molar-refractivity contribution in [1.29, 1.82) is 0 Å². The summed E-state index contributed by atoms with van der Waals surface area (Å²) in [6.07, 6.45) is 0. The van der Waals surface area contributed by atoms with Crippen LogP contribution < -0.4 is 4.90 Å². The maximum absolute atomic E-state index is 12.4. The number of aryl methyl sites for hydroxylation is 1. The summed E-state index contributed by atoms with van der Waals surface area (Å²) in [5, 5.41) is 3.08. The third kappa shape index (κ3) is 3.15. The molecule has 1 saturated heterocycles. The van der Waals surface area contributed by atoms with Crippen LogP contribution in [0.1, 0.15) is 22.0 Å². The number of aromatic nitrogens is 1. The second kappa shape index (κ2) is 6.50. The second-order valence-electron chi connectivity index (χ2n) is 5.25. The van der Waals surface area contributed by atoms with E-state index in [4.69, 9.17) is 9.15 Å². The number of nitrogens with zero attached hydrogens (tertiary/aromatic N) is 3. The van der Waals surface area contributed by atoms with Crippen LogP contribution in [0.4, 0.5) is 5.13 Å². The third-order valence-electron chi connectivity index (χ3n) is 3.60. The number of carbonyl (C=O) groups is 1. The van der Waals surface area contributed by atoms with E-state index in [-0.39, 0.29) is 5.91 Å². The van der Waals surface area contributed by atoms with Crippen LogP contribution in [0.5, 0.6) is 0 Å². The molecule has 0 bridgehead atoms. The first-order chi connectivity index (χ1) is 10.7. The van der Waals surface area contributed by atoms with Gasteiger partial charge in [0, 0.05) is 38.7 Å². The molecule has 0 radical (unpaired) electrons. The number of methoxy groups -OCH3 is 1. The Morgan fingerprint density at radius 3 is 2.77 bits per heavy atom. The molecule has 0 N–H and O–H groups in total. The molecule has 22 heavy (non-hydrogen) atoms. The van der Waals surface area contributed by atoms with Gasteiger partial charge in [-0.1, -0.05) is 0 Å². The molecule has 0 aromatic carbocycles.